The van der Waals surface area contributed by atoms with Gasteiger partial charge < -0.3 is 10.1 Å². The van der Waals surface area contributed by atoms with Crippen molar-refractivity contribution in [3.8, 4) is 0 Å². The third-order valence-electron chi connectivity index (χ3n) is 6.64. The van der Waals surface area contributed by atoms with E-state index in [9.17, 15) is 9.59 Å². The molecule has 4 nitrogen and oxygen atoms in total. The first kappa shape index (κ1) is 21.4. The molecule has 1 aromatic heterocycles. The minimum absolute atomic E-state index is 0.0293. The van der Waals surface area contributed by atoms with Crippen LogP contribution in [0.4, 0.5) is 5.00 Å². The van der Waals surface area contributed by atoms with Crippen LogP contribution in [0.1, 0.15) is 92.9 Å². The fraction of sp³-hybridized carbons (Fsp3) is 0.739. The van der Waals surface area contributed by atoms with Gasteiger partial charge in [0, 0.05) is 11.3 Å². The first-order valence-corrected chi connectivity index (χ1v) is 11.6. The summed E-state index contributed by atoms with van der Waals surface area (Å²) in [7, 11) is 1.42. The van der Waals surface area contributed by atoms with Crippen molar-refractivity contribution in [1.29, 1.82) is 0 Å². The Balaban J connectivity index is 1.72. The molecule has 0 saturated heterocycles. The van der Waals surface area contributed by atoms with Gasteiger partial charge >= 0.3 is 5.97 Å². The van der Waals surface area contributed by atoms with Crippen LogP contribution in [-0.4, -0.2) is 19.0 Å². The average Bonchev–Trinajstić information content (AvgIpc) is 3.02. The minimum atomic E-state index is -0.325. The largest absolute Gasteiger partial charge is 0.465 e. The summed E-state index contributed by atoms with van der Waals surface area (Å²) in [6.07, 6.45) is 10.9. The Morgan fingerprint density at radius 3 is 2.50 bits per heavy atom. The Labute approximate surface area is 173 Å². The van der Waals surface area contributed by atoms with Gasteiger partial charge in [-0.2, -0.15) is 0 Å². The van der Waals surface area contributed by atoms with Gasteiger partial charge in [-0.3, -0.25) is 4.79 Å². The first-order valence-electron chi connectivity index (χ1n) is 10.8. The van der Waals surface area contributed by atoms with E-state index >= 15 is 0 Å². The lowest BCUT2D eigenvalue weighted by Gasteiger charge is -2.33. The molecule has 1 aromatic rings. The normalized spacial score (nSPS) is 20.5. The van der Waals surface area contributed by atoms with E-state index < -0.39 is 0 Å². The highest BCUT2D eigenvalue weighted by atomic mass is 32.1. The molecule has 1 N–H and O–H groups in total. The summed E-state index contributed by atoms with van der Waals surface area (Å²) in [6.45, 7) is 6.85. The molecular weight excluding hydrogens is 370 g/mol. The van der Waals surface area contributed by atoms with Crippen LogP contribution in [0.25, 0.3) is 0 Å². The summed E-state index contributed by atoms with van der Waals surface area (Å²) in [4.78, 5) is 26.3. The molecule has 1 amide bonds. The van der Waals surface area contributed by atoms with E-state index in [1.165, 1.54) is 44.1 Å². The van der Waals surface area contributed by atoms with Crippen molar-refractivity contribution in [2.75, 3.05) is 12.4 Å². The Kier molecular flexibility index (Phi) is 6.85. The molecule has 1 heterocycles. The van der Waals surface area contributed by atoms with Crippen molar-refractivity contribution < 1.29 is 14.3 Å². The molecule has 2 aliphatic carbocycles. The van der Waals surface area contributed by atoms with Crippen LogP contribution < -0.4 is 5.32 Å². The number of carbonyl (C=O) groups excluding carboxylic acids is 2. The summed E-state index contributed by atoms with van der Waals surface area (Å²) < 4.78 is 5.05. The number of carbonyl (C=O) groups is 2. The maximum atomic E-state index is 12.6. The first-order chi connectivity index (χ1) is 13.3. The van der Waals surface area contributed by atoms with Gasteiger partial charge in [0.25, 0.3) is 0 Å². The summed E-state index contributed by atoms with van der Waals surface area (Å²) in [5.41, 5.74) is 1.94. The van der Waals surface area contributed by atoms with Crippen LogP contribution in [0.15, 0.2) is 0 Å². The molecular formula is C23H35NO3S. The molecule has 0 aromatic carbocycles. The van der Waals surface area contributed by atoms with Crippen LogP contribution in [0.2, 0.25) is 0 Å². The van der Waals surface area contributed by atoms with Gasteiger partial charge in [-0.25, -0.2) is 4.79 Å². The third kappa shape index (κ3) is 4.97. The Morgan fingerprint density at radius 2 is 1.86 bits per heavy atom. The topological polar surface area (TPSA) is 55.4 Å². The SMILES string of the molecule is COC(=O)c1c(NC(=O)CCC2CCCCC2)sc2c1CCC(C(C)(C)C)C2. The highest BCUT2D eigenvalue weighted by Crippen LogP contribution is 2.44. The van der Waals surface area contributed by atoms with Crippen molar-refractivity contribution in [3.05, 3.63) is 16.0 Å². The number of esters is 1. The predicted octanol–water partition coefficient (Wildman–Crippen LogP) is 5.98. The zero-order chi connectivity index (χ0) is 20.3. The van der Waals surface area contributed by atoms with E-state index in [2.05, 4.69) is 26.1 Å². The lowest BCUT2D eigenvalue weighted by molar-refractivity contribution is -0.116. The van der Waals surface area contributed by atoms with Crippen molar-refractivity contribution in [3.63, 3.8) is 0 Å². The number of hydrogen-bond acceptors (Lipinski definition) is 4. The van der Waals surface area contributed by atoms with Gasteiger partial charge in [0.1, 0.15) is 5.00 Å². The maximum Gasteiger partial charge on any atom is 0.341 e. The molecule has 0 radical (unpaired) electrons. The van der Waals surface area contributed by atoms with Crippen molar-refractivity contribution >= 4 is 28.2 Å². The summed E-state index contributed by atoms with van der Waals surface area (Å²) in [5, 5.41) is 3.75. The van der Waals surface area contributed by atoms with E-state index in [0.29, 0.717) is 28.8 Å². The fourth-order valence-corrected chi connectivity index (χ4v) is 6.06. The number of methoxy groups -OCH3 is 1. The van der Waals surface area contributed by atoms with Crippen molar-refractivity contribution in [2.24, 2.45) is 17.3 Å². The summed E-state index contributed by atoms with van der Waals surface area (Å²) >= 11 is 1.58. The van der Waals surface area contributed by atoms with Crippen molar-refractivity contribution in [1.82, 2.24) is 0 Å². The molecule has 1 fully saturated rings. The van der Waals surface area contributed by atoms with E-state index in [0.717, 1.165) is 31.2 Å². The van der Waals surface area contributed by atoms with Crippen LogP contribution >= 0.6 is 11.3 Å². The highest BCUT2D eigenvalue weighted by molar-refractivity contribution is 7.17. The second kappa shape index (κ2) is 8.98. The number of thiophene rings is 1. The van der Waals surface area contributed by atoms with Gasteiger partial charge in [0.2, 0.25) is 5.91 Å². The molecule has 3 rings (SSSR count). The zero-order valence-electron chi connectivity index (χ0n) is 17.9. The van der Waals surface area contributed by atoms with Crippen LogP contribution in [0.5, 0.6) is 0 Å². The molecule has 0 aliphatic heterocycles. The Morgan fingerprint density at radius 1 is 1.14 bits per heavy atom. The Bertz CT molecular complexity index is 710. The highest BCUT2D eigenvalue weighted by Gasteiger charge is 2.34. The monoisotopic (exact) mass is 405 g/mol. The van der Waals surface area contributed by atoms with Gasteiger partial charge in [-0.1, -0.05) is 52.9 Å². The van der Waals surface area contributed by atoms with Gasteiger partial charge in [0.15, 0.2) is 0 Å². The van der Waals surface area contributed by atoms with E-state index in [4.69, 9.17) is 4.74 Å². The number of nitrogens with one attached hydrogen (secondary N) is 1. The number of ether oxygens (including phenoxy) is 1. The predicted molar refractivity (Wildman–Crippen MR) is 115 cm³/mol. The molecule has 1 atom stereocenters. The molecule has 28 heavy (non-hydrogen) atoms. The van der Waals surface area contributed by atoms with Crippen LogP contribution in [0.3, 0.4) is 0 Å². The van der Waals surface area contributed by atoms with Gasteiger partial charge in [0.05, 0.1) is 12.7 Å². The number of amides is 1. The molecule has 0 bridgehead atoms. The van der Waals surface area contributed by atoms with Gasteiger partial charge in [-0.05, 0) is 48.5 Å². The molecule has 156 valence electrons. The third-order valence-corrected chi connectivity index (χ3v) is 7.81. The number of fused-ring (bicyclic) bond motifs is 1. The lowest BCUT2D eigenvalue weighted by Crippen LogP contribution is -2.26. The minimum Gasteiger partial charge on any atom is -0.465 e. The number of rotatable bonds is 5. The van der Waals surface area contributed by atoms with E-state index in [1.54, 1.807) is 11.3 Å². The van der Waals surface area contributed by atoms with Crippen LogP contribution in [0, 0.1) is 17.3 Å². The summed E-state index contributed by atoms with van der Waals surface area (Å²) in [5.74, 6) is 0.985. The van der Waals surface area contributed by atoms with Crippen LogP contribution in [-0.2, 0) is 22.4 Å². The molecule has 5 heteroatoms. The van der Waals surface area contributed by atoms with Gasteiger partial charge in [-0.15, -0.1) is 11.3 Å². The van der Waals surface area contributed by atoms with E-state index in [-0.39, 0.29) is 17.3 Å². The number of hydrogen-bond donors (Lipinski definition) is 1. The Hall–Kier alpha value is -1.36. The zero-order valence-corrected chi connectivity index (χ0v) is 18.7. The fourth-order valence-electron chi connectivity index (χ4n) is 4.73. The molecule has 2 aliphatic rings. The van der Waals surface area contributed by atoms with Crippen molar-refractivity contribution in [2.45, 2.75) is 85.0 Å². The second-order valence-corrected chi connectivity index (χ2v) is 10.7. The second-order valence-electron chi connectivity index (χ2n) is 9.60. The quantitative estimate of drug-likeness (QED) is 0.613. The maximum absolute atomic E-state index is 12.6. The lowest BCUT2D eigenvalue weighted by atomic mass is 9.72. The smallest absolute Gasteiger partial charge is 0.341 e. The molecule has 0 spiro atoms. The molecule has 1 unspecified atom stereocenters. The summed E-state index contributed by atoms with van der Waals surface area (Å²) in [6, 6.07) is 0. The standard InChI is InChI=1S/C23H35NO3S/c1-23(2,3)16-11-12-17-18(14-16)28-21(20(17)22(26)27-4)24-19(25)13-10-15-8-6-5-7-9-15/h15-16H,5-14H2,1-4H3,(H,24,25). The molecule has 1 saturated carbocycles. The number of anilines is 1. The average molecular weight is 406 g/mol. The van der Waals surface area contributed by atoms with E-state index in [1.807, 2.05) is 0 Å².